The maximum atomic E-state index is 12.7. The second-order valence-corrected chi connectivity index (χ2v) is 10.4. The normalized spacial score (nSPS) is 18.9. The molecular formula is C22H34N4O5S. The summed E-state index contributed by atoms with van der Waals surface area (Å²) < 4.78 is 29.8. The fourth-order valence-corrected chi connectivity index (χ4v) is 4.97. The van der Waals surface area contributed by atoms with E-state index in [9.17, 15) is 18.0 Å². The van der Waals surface area contributed by atoms with Crippen molar-refractivity contribution in [3.63, 3.8) is 0 Å². The molecule has 0 aliphatic carbocycles. The van der Waals surface area contributed by atoms with Gasteiger partial charge in [-0.15, -0.1) is 0 Å². The lowest BCUT2D eigenvalue weighted by atomic mass is 10.1. The summed E-state index contributed by atoms with van der Waals surface area (Å²) in [5, 5.41) is 0. The third-order valence-electron chi connectivity index (χ3n) is 6.15. The van der Waals surface area contributed by atoms with Crippen molar-refractivity contribution in [2.75, 3.05) is 72.3 Å². The number of piperazine rings is 1. The van der Waals surface area contributed by atoms with Crippen LogP contribution in [0.3, 0.4) is 0 Å². The number of hydrogen-bond donors (Lipinski definition) is 0. The molecular weight excluding hydrogens is 432 g/mol. The van der Waals surface area contributed by atoms with Crippen molar-refractivity contribution in [1.82, 2.24) is 19.0 Å². The van der Waals surface area contributed by atoms with Gasteiger partial charge in [0.05, 0.1) is 19.9 Å². The first-order valence-corrected chi connectivity index (χ1v) is 13.0. The molecule has 3 rings (SSSR count). The lowest BCUT2D eigenvalue weighted by Gasteiger charge is -2.34. The van der Waals surface area contributed by atoms with Gasteiger partial charge in [0.25, 0.3) is 0 Å². The van der Waals surface area contributed by atoms with Crippen molar-refractivity contribution < 1.29 is 22.7 Å². The number of methoxy groups -OCH3 is 1. The molecule has 2 aliphatic heterocycles. The highest BCUT2D eigenvalue weighted by molar-refractivity contribution is 7.88. The quantitative estimate of drug-likeness (QED) is 0.573. The number of aryl methyl sites for hydroxylation is 1. The summed E-state index contributed by atoms with van der Waals surface area (Å²) in [6, 6.07) is 7.78. The van der Waals surface area contributed by atoms with Gasteiger partial charge in [-0.2, -0.15) is 4.31 Å². The fraction of sp³-hybridized carbons (Fsp3) is 0.636. The van der Waals surface area contributed by atoms with E-state index in [0.717, 1.165) is 24.3 Å². The predicted octanol–water partition coefficient (Wildman–Crippen LogP) is 0.266. The maximum absolute atomic E-state index is 12.7. The Morgan fingerprint density at radius 3 is 2.12 bits per heavy atom. The summed E-state index contributed by atoms with van der Waals surface area (Å²) in [7, 11) is -1.57. The van der Waals surface area contributed by atoms with E-state index < -0.39 is 10.0 Å². The molecule has 1 aromatic carbocycles. The molecule has 2 amide bonds. The van der Waals surface area contributed by atoms with E-state index in [4.69, 9.17) is 4.74 Å². The number of benzene rings is 1. The summed E-state index contributed by atoms with van der Waals surface area (Å²) in [5.74, 6) is 0.975. The summed E-state index contributed by atoms with van der Waals surface area (Å²) in [6.45, 7) is 4.64. The number of rotatable bonds is 7. The minimum atomic E-state index is -3.21. The SMILES string of the molecule is COc1ccc(CCC(=O)N2CCCN(CC(=O)N3CCN(S(C)(=O)=O)CC3)CC2)cc1. The molecule has 2 heterocycles. The van der Waals surface area contributed by atoms with Gasteiger partial charge in [0.2, 0.25) is 21.8 Å². The van der Waals surface area contributed by atoms with Crippen LogP contribution in [0, 0.1) is 0 Å². The molecule has 0 spiro atoms. The van der Waals surface area contributed by atoms with Crippen LogP contribution in [-0.2, 0) is 26.0 Å². The number of carbonyl (C=O) groups is 2. The first kappa shape index (κ1) is 24.5. The van der Waals surface area contributed by atoms with E-state index in [1.807, 2.05) is 29.2 Å². The summed E-state index contributed by atoms with van der Waals surface area (Å²) >= 11 is 0. The van der Waals surface area contributed by atoms with Gasteiger partial charge in [0.15, 0.2) is 0 Å². The molecule has 0 atom stereocenters. The highest BCUT2D eigenvalue weighted by Crippen LogP contribution is 2.14. The Bertz CT molecular complexity index is 882. The minimum Gasteiger partial charge on any atom is -0.497 e. The van der Waals surface area contributed by atoms with Crippen molar-refractivity contribution in [3.05, 3.63) is 29.8 Å². The number of sulfonamides is 1. The van der Waals surface area contributed by atoms with Gasteiger partial charge in [-0.25, -0.2) is 8.42 Å². The first-order valence-electron chi connectivity index (χ1n) is 11.1. The van der Waals surface area contributed by atoms with Gasteiger partial charge < -0.3 is 14.5 Å². The zero-order valence-electron chi connectivity index (χ0n) is 19.0. The van der Waals surface area contributed by atoms with Crippen molar-refractivity contribution in [3.8, 4) is 5.75 Å². The first-order chi connectivity index (χ1) is 15.3. The van der Waals surface area contributed by atoms with Crippen LogP contribution in [-0.4, -0.2) is 112 Å². The lowest BCUT2D eigenvalue weighted by Crippen LogP contribution is -2.52. The third kappa shape index (κ3) is 6.91. The summed E-state index contributed by atoms with van der Waals surface area (Å²) in [5.41, 5.74) is 1.11. The largest absolute Gasteiger partial charge is 0.497 e. The van der Waals surface area contributed by atoms with Crippen molar-refractivity contribution in [1.29, 1.82) is 0 Å². The number of carbonyl (C=O) groups excluding carboxylic acids is 2. The van der Waals surface area contributed by atoms with Gasteiger partial charge in [0, 0.05) is 58.8 Å². The molecule has 1 aromatic rings. The molecule has 10 heteroatoms. The van der Waals surface area contributed by atoms with Crippen LogP contribution in [0.25, 0.3) is 0 Å². The zero-order valence-corrected chi connectivity index (χ0v) is 19.8. The van der Waals surface area contributed by atoms with Crippen LogP contribution in [0.2, 0.25) is 0 Å². The second-order valence-electron chi connectivity index (χ2n) is 8.40. The molecule has 2 fully saturated rings. The van der Waals surface area contributed by atoms with Crippen LogP contribution in [0.4, 0.5) is 0 Å². The Morgan fingerprint density at radius 2 is 1.50 bits per heavy atom. The van der Waals surface area contributed by atoms with Gasteiger partial charge in [0.1, 0.15) is 5.75 Å². The van der Waals surface area contributed by atoms with Crippen LogP contribution < -0.4 is 4.74 Å². The molecule has 0 aromatic heterocycles. The Morgan fingerprint density at radius 1 is 0.875 bits per heavy atom. The molecule has 0 saturated carbocycles. The summed E-state index contributed by atoms with van der Waals surface area (Å²) in [4.78, 5) is 31.1. The highest BCUT2D eigenvalue weighted by Gasteiger charge is 2.27. The molecule has 0 N–H and O–H groups in total. The minimum absolute atomic E-state index is 0.0254. The molecule has 0 radical (unpaired) electrons. The van der Waals surface area contributed by atoms with Crippen LogP contribution >= 0.6 is 0 Å². The van der Waals surface area contributed by atoms with Crippen LogP contribution in [0.1, 0.15) is 18.4 Å². The number of amides is 2. The smallest absolute Gasteiger partial charge is 0.236 e. The van der Waals surface area contributed by atoms with Gasteiger partial charge in [-0.3, -0.25) is 14.5 Å². The lowest BCUT2D eigenvalue weighted by molar-refractivity contribution is -0.133. The molecule has 32 heavy (non-hydrogen) atoms. The molecule has 0 bridgehead atoms. The van der Waals surface area contributed by atoms with Crippen molar-refractivity contribution >= 4 is 21.8 Å². The van der Waals surface area contributed by atoms with Gasteiger partial charge in [-0.05, 0) is 30.5 Å². The number of nitrogens with zero attached hydrogens (tertiary/aromatic N) is 4. The Labute approximate surface area is 190 Å². The maximum Gasteiger partial charge on any atom is 0.236 e. The highest BCUT2D eigenvalue weighted by atomic mass is 32.2. The Kier molecular flexibility index (Phi) is 8.50. The molecule has 9 nitrogen and oxygen atoms in total. The van der Waals surface area contributed by atoms with E-state index in [1.165, 1.54) is 10.6 Å². The van der Waals surface area contributed by atoms with E-state index in [2.05, 4.69) is 4.90 Å². The monoisotopic (exact) mass is 466 g/mol. The third-order valence-corrected chi connectivity index (χ3v) is 7.45. The Hall–Kier alpha value is -2.17. The molecule has 0 unspecified atom stereocenters. The van der Waals surface area contributed by atoms with E-state index >= 15 is 0 Å². The molecule has 2 aliphatic rings. The van der Waals surface area contributed by atoms with E-state index in [0.29, 0.717) is 65.2 Å². The van der Waals surface area contributed by atoms with Crippen LogP contribution in [0.5, 0.6) is 5.75 Å². The van der Waals surface area contributed by atoms with E-state index in [-0.39, 0.29) is 11.8 Å². The summed E-state index contributed by atoms with van der Waals surface area (Å²) in [6.07, 6.45) is 3.20. The van der Waals surface area contributed by atoms with Crippen molar-refractivity contribution in [2.45, 2.75) is 19.3 Å². The van der Waals surface area contributed by atoms with Crippen molar-refractivity contribution in [2.24, 2.45) is 0 Å². The van der Waals surface area contributed by atoms with Crippen LogP contribution in [0.15, 0.2) is 24.3 Å². The number of ether oxygens (including phenoxy) is 1. The topological polar surface area (TPSA) is 90.5 Å². The average molecular weight is 467 g/mol. The van der Waals surface area contributed by atoms with E-state index in [1.54, 1.807) is 12.0 Å². The second kappa shape index (κ2) is 11.1. The standard InChI is InChI=1S/C22H34N4O5S/c1-31-20-7-4-19(5-8-20)6-9-21(27)24-11-3-10-23(12-13-24)18-22(28)25-14-16-26(17-15-25)32(2,29)30/h4-5,7-8H,3,6,9-18H2,1-2H3. The van der Waals surface area contributed by atoms with Gasteiger partial charge in [-0.1, -0.05) is 12.1 Å². The van der Waals surface area contributed by atoms with Gasteiger partial charge >= 0.3 is 0 Å². The molecule has 178 valence electrons. The predicted molar refractivity (Wildman–Crippen MR) is 122 cm³/mol. The number of hydrogen-bond acceptors (Lipinski definition) is 6. The zero-order chi connectivity index (χ0) is 23.1. The Balaban J connectivity index is 1.41. The fourth-order valence-electron chi connectivity index (χ4n) is 4.14. The average Bonchev–Trinajstić information content (AvgIpc) is 3.03. The molecule has 2 saturated heterocycles.